The molecule has 2 heterocycles. The maximum atomic E-state index is 12.2. The van der Waals surface area contributed by atoms with Crippen LogP contribution in [0.15, 0.2) is 28.8 Å². The minimum Gasteiger partial charge on any atom is -0.456 e. The van der Waals surface area contributed by atoms with Crippen LogP contribution in [0.3, 0.4) is 0 Å². The van der Waals surface area contributed by atoms with Crippen LogP contribution in [0, 0.1) is 13.8 Å². The Hall–Kier alpha value is -2.27. The number of benzene rings is 1. The van der Waals surface area contributed by atoms with Gasteiger partial charge in [0.1, 0.15) is 18.1 Å². The van der Waals surface area contributed by atoms with E-state index in [1.807, 2.05) is 24.3 Å². The molecule has 0 aliphatic rings. The first-order chi connectivity index (χ1) is 10.1. The second kappa shape index (κ2) is 5.26. The van der Waals surface area contributed by atoms with E-state index >= 15 is 0 Å². The number of nitrogens with zero attached hydrogens (tertiary/aromatic N) is 1. The summed E-state index contributed by atoms with van der Waals surface area (Å²) in [6, 6.07) is 7.43. The molecule has 3 rings (SSSR count). The van der Waals surface area contributed by atoms with Gasteiger partial charge in [0.25, 0.3) is 0 Å². The summed E-state index contributed by atoms with van der Waals surface area (Å²) in [6.45, 7) is 3.68. The first-order valence-electron chi connectivity index (χ1n) is 6.43. The van der Waals surface area contributed by atoms with Crippen molar-refractivity contribution >= 4 is 28.5 Å². The fourth-order valence-corrected chi connectivity index (χ4v) is 2.46. The SMILES string of the molecule is Cc1noc(C)c1COC(=O)c1[nH]c2ccccc2c1Cl. The number of carbonyl (C=O) groups is 1. The molecule has 0 fully saturated rings. The highest BCUT2D eigenvalue weighted by molar-refractivity contribution is 6.38. The van der Waals surface area contributed by atoms with Crippen molar-refractivity contribution in [2.75, 3.05) is 0 Å². The molecule has 0 radical (unpaired) electrons. The van der Waals surface area contributed by atoms with Crippen molar-refractivity contribution in [1.29, 1.82) is 0 Å². The maximum Gasteiger partial charge on any atom is 0.356 e. The van der Waals surface area contributed by atoms with Crippen molar-refractivity contribution < 1.29 is 14.1 Å². The zero-order valence-electron chi connectivity index (χ0n) is 11.6. The number of nitrogens with one attached hydrogen (secondary N) is 1. The molecular formula is C15H13ClN2O3. The van der Waals surface area contributed by atoms with Gasteiger partial charge in [0, 0.05) is 10.9 Å². The number of hydrogen-bond acceptors (Lipinski definition) is 4. The minimum absolute atomic E-state index is 0.103. The fourth-order valence-electron chi connectivity index (χ4n) is 2.17. The lowest BCUT2D eigenvalue weighted by Gasteiger charge is -2.03. The first-order valence-corrected chi connectivity index (χ1v) is 6.81. The second-order valence-electron chi connectivity index (χ2n) is 4.74. The highest BCUT2D eigenvalue weighted by Crippen LogP contribution is 2.28. The van der Waals surface area contributed by atoms with Crippen molar-refractivity contribution in [2.24, 2.45) is 0 Å². The molecule has 0 saturated carbocycles. The number of ether oxygens (including phenoxy) is 1. The van der Waals surface area contributed by atoms with Crippen molar-refractivity contribution in [3.05, 3.63) is 52.0 Å². The summed E-state index contributed by atoms with van der Waals surface area (Å²) in [5, 5.41) is 4.98. The van der Waals surface area contributed by atoms with Crippen molar-refractivity contribution in [3.8, 4) is 0 Å². The van der Waals surface area contributed by atoms with Gasteiger partial charge in [-0.05, 0) is 19.9 Å². The number of para-hydroxylation sites is 1. The predicted molar refractivity (Wildman–Crippen MR) is 78.4 cm³/mol. The highest BCUT2D eigenvalue weighted by atomic mass is 35.5. The molecule has 0 amide bonds. The number of carbonyl (C=O) groups excluding carboxylic acids is 1. The van der Waals surface area contributed by atoms with Crippen LogP contribution in [-0.4, -0.2) is 16.1 Å². The van der Waals surface area contributed by atoms with Crippen LogP contribution in [0.2, 0.25) is 5.02 Å². The summed E-state index contributed by atoms with van der Waals surface area (Å²) in [6.07, 6.45) is 0. The average Bonchev–Trinajstić information content (AvgIpc) is 2.98. The molecule has 0 aliphatic carbocycles. The van der Waals surface area contributed by atoms with Crippen LogP contribution in [0.1, 0.15) is 27.5 Å². The molecular weight excluding hydrogens is 292 g/mol. The standard InChI is InChI=1S/C15H13ClN2O3/c1-8-11(9(2)21-18-8)7-20-15(19)14-13(16)10-5-3-4-6-12(10)17-14/h3-6,17H,7H2,1-2H3. The van der Waals surface area contributed by atoms with Crippen molar-refractivity contribution in [2.45, 2.75) is 20.5 Å². The summed E-state index contributed by atoms with van der Waals surface area (Å²) in [5.74, 6) is 0.138. The number of fused-ring (bicyclic) bond motifs is 1. The van der Waals surface area contributed by atoms with Gasteiger partial charge in [-0.3, -0.25) is 0 Å². The highest BCUT2D eigenvalue weighted by Gasteiger charge is 2.19. The Kier molecular flexibility index (Phi) is 3.43. The van der Waals surface area contributed by atoms with E-state index in [-0.39, 0.29) is 12.3 Å². The van der Waals surface area contributed by atoms with Gasteiger partial charge in [0.15, 0.2) is 0 Å². The van der Waals surface area contributed by atoms with Crippen LogP contribution in [0.5, 0.6) is 0 Å². The third kappa shape index (κ3) is 2.40. The summed E-state index contributed by atoms with van der Waals surface area (Å²) in [4.78, 5) is 15.1. The lowest BCUT2D eigenvalue weighted by molar-refractivity contribution is 0.0465. The Bertz CT molecular complexity index is 800. The number of aromatic nitrogens is 2. The Morgan fingerprint density at radius 2 is 2.14 bits per heavy atom. The topological polar surface area (TPSA) is 68.1 Å². The van der Waals surface area contributed by atoms with Crippen molar-refractivity contribution in [1.82, 2.24) is 10.1 Å². The quantitative estimate of drug-likeness (QED) is 0.748. The first kappa shape index (κ1) is 13.7. The van der Waals surface area contributed by atoms with Gasteiger partial charge in [-0.25, -0.2) is 4.79 Å². The van der Waals surface area contributed by atoms with Gasteiger partial charge in [0.2, 0.25) is 0 Å². The molecule has 1 N–H and O–H groups in total. The minimum atomic E-state index is -0.504. The molecule has 0 aliphatic heterocycles. The number of halogens is 1. The van der Waals surface area contributed by atoms with Crippen LogP contribution < -0.4 is 0 Å². The molecule has 1 aromatic carbocycles. The Morgan fingerprint density at radius 1 is 1.38 bits per heavy atom. The van der Waals surface area contributed by atoms with Gasteiger partial charge in [0.05, 0.1) is 16.3 Å². The summed E-state index contributed by atoms with van der Waals surface area (Å²) >= 11 is 6.21. The molecule has 5 nitrogen and oxygen atoms in total. The molecule has 2 aromatic heterocycles. The number of aryl methyl sites for hydroxylation is 2. The molecule has 6 heteroatoms. The zero-order chi connectivity index (χ0) is 15.0. The summed E-state index contributed by atoms with van der Waals surface area (Å²) < 4.78 is 10.3. The zero-order valence-corrected chi connectivity index (χ0v) is 12.3. The molecule has 108 valence electrons. The van der Waals surface area contributed by atoms with Gasteiger partial charge in [-0.1, -0.05) is 35.0 Å². The van der Waals surface area contributed by atoms with Crippen LogP contribution in [0.25, 0.3) is 10.9 Å². The number of aromatic amines is 1. The van der Waals surface area contributed by atoms with E-state index in [4.69, 9.17) is 20.9 Å². The lowest BCUT2D eigenvalue weighted by atomic mass is 10.2. The summed E-state index contributed by atoms with van der Waals surface area (Å²) in [5.41, 5.74) is 2.54. The van der Waals surface area contributed by atoms with E-state index in [2.05, 4.69) is 10.1 Å². The number of esters is 1. The van der Waals surface area contributed by atoms with E-state index in [1.165, 1.54) is 0 Å². The maximum absolute atomic E-state index is 12.2. The van der Waals surface area contributed by atoms with Crippen LogP contribution in [-0.2, 0) is 11.3 Å². The van der Waals surface area contributed by atoms with Gasteiger partial charge < -0.3 is 14.2 Å². The molecule has 0 spiro atoms. The Balaban J connectivity index is 1.83. The number of rotatable bonds is 3. The fraction of sp³-hybridized carbons (Fsp3) is 0.200. The predicted octanol–water partition coefficient (Wildman–Crippen LogP) is 3.78. The molecule has 0 unspecified atom stereocenters. The number of hydrogen-bond donors (Lipinski definition) is 1. The molecule has 21 heavy (non-hydrogen) atoms. The Labute approximate surface area is 125 Å². The lowest BCUT2D eigenvalue weighted by Crippen LogP contribution is -2.07. The van der Waals surface area contributed by atoms with Gasteiger partial charge in [-0.15, -0.1) is 0 Å². The third-order valence-corrected chi connectivity index (χ3v) is 3.77. The molecule has 0 saturated heterocycles. The van der Waals surface area contributed by atoms with Gasteiger partial charge in [-0.2, -0.15) is 0 Å². The average molecular weight is 305 g/mol. The van der Waals surface area contributed by atoms with Crippen LogP contribution in [0.4, 0.5) is 0 Å². The molecule has 0 bridgehead atoms. The smallest absolute Gasteiger partial charge is 0.356 e. The molecule has 3 aromatic rings. The second-order valence-corrected chi connectivity index (χ2v) is 5.12. The van der Waals surface area contributed by atoms with E-state index in [1.54, 1.807) is 13.8 Å². The number of H-pyrrole nitrogens is 1. The van der Waals surface area contributed by atoms with Crippen molar-refractivity contribution in [3.63, 3.8) is 0 Å². The van der Waals surface area contributed by atoms with Crippen LogP contribution >= 0.6 is 11.6 Å². The summed E-state index contributed by atoms with van der Waals surface area (Å²) in [7, 11) is 0. The third-order valence-electron chi connectivity index (χ3n) is 3.38. The molecule has 0 atom stereocenters. The largest absolute Gasteiger partial charge is 0.456 e. The van der Waals surface area contributed by atoms with E-state index in [9.17, 15) is 4.79 Å². The monoisotopic (exact) mass is 304 g/mol. The normalized spacial score (nSPS) is 11.0. The Morgan fingerprint density at radius 3 is 2.81 bits per heavy atom. The van der Waals surface area contributed by atoms with E-state index in [0.29, 0.717) is 16.5 Å². The van der Waals surface area contributed by atoms with E-state index < -0.39 is 5.97 Å². The van der Waals surface area contributed by atoms with Gasteiger partial charge >= 0.3 is 5.97 Å². The van der Waals surface area contributed by atoms with E-state index in [0.717, 1.165) is 16.5 Å².